The van der Waals surface area contributed by atoms with Crippen LogP contribution in [-0.2, 0) is 0 Å². The molecule has 0 atom stereocenters. The number of nitrogens with zero attached hydrogens (tertiary/aromatic N) is 1. The quantitative estimate of drug-likeness (QED) is 0.560. The van der Waals surface area contributed by atoms with E-state index in [-0.39, 0.29) is 5.48 Å². The summed E-state index contributed by atoms with van der Waals surface area (Å²) in [5.74, 6) is 0. The van der Waals surface area contributed by atoms with E-state index < -0.39 is 0 Å². The third-order valence-corrected chi connectivity index (χ3v) is 3.47. The molecular weight excluding hydrogens is 248 g/mol. The maximum absolute atomic E-state index is 4.41. The molecule has 0 aliphatic carbocycles. The van der Waals surface area contributed by atoms with Crippen LogP contribution in [0.25, 0.3) is 33.1 Å². The minimum absolute atomic E-state index is 0. The fraction of sp³-hybridized carbons (Fsp3) is 0. The molecular formula is C17H14N2O. The fourth-order valence-corrected chi connectivity index (χ4v) is 2.55. The maximum atomic E-state index is 4.41. The Bertz CT molecular complexity index is 842. The minimum atomic E-state index is 0. The number of hydrogen-bond acceptors (Lipinski definition) is 1. The highest BCUT2D eigenvalue weighted by atomic mass is 16.0. The Morgan fingerprint density at radius 1 is 0.850 bits per heavy atom. The number of nitrogens with one attached hydrogen (secondary N) is 1. The molecule has 3 N–H and O–H groups in total. The van der Waals surface area contributed by atoms with Crippen LogP contribution < -0.4 is 0 Å². The summed E-state index contributed by atoms with van der Waals surface area (Å²) in [7, 11) is 0. The first-order chi connectivity index (χ1) is 9.42. The van der Waals surface area contributed by atoms with Crippen molar-refractivity contribution in [3.8, 4) is 11.3 Å². The highest BCUT2D eigenvalue weighted by molar-refractivity contribution is 5.96. The molecule has 0 amide bonds. The number of aromatic nitrogens is 2. The molecule has 2 heterocycles. The first kappa shape index (κ1) is 12.4. The molecule has 3 heteroatoms. The van der Waals surface area contributed by atoms with E-state index in [1.165, 1.54) is 21.9 Å². The van der Waals surface area contributed by atoms with Crippen molar-refractivity contribution in [3.05, 3.63) is 66.9 Å². The number of aromatic amines is 1. The van der Waals surface area contributed by atoms with E-state index in [2.05, 4.69) is 52.4 Å². The monoisotopic (exact) mass is 262 g/mol. The van der Waals surface area contributed by atoms with E-state index in [0.29, 0.717) is 0 Å². The summed E-state index contributed by atoms with van der Waals surface area (Å²) in [6.07, 6.45) is 1.86. The van der Waals surface area contributed by atoms with Crippen LogP contribution in [0.5, 0.6) is 0 Å². The average molecular weight is 262 g/mol. The van der Waals surface area contributed by atoms with Crippen molar-refractivity contribution >= 4 is 21.8 Å². The molecule has 98 valence electrons. The molecule has 0 bridgehead atoms. The summed E-state index contributed by atoms with van der Waals surface area (Å²) in [5.41, 5.74) is 4.53. The van der Waals surface area contributed by atoms with Gasteiger partial charge in [0.1, 0.15) is 0 Å². The second kappa shape index (κ2) is 4.79. The van der Waals surface area contributed by atoms with Gasteiger partial charge in [-0.15, -0.1) is 0 Å². The number of rotatable bonds is 1. The predicted octanol–water partition coefficient (Wildman–Crippen LogP) is 3.56. The summed E-state index contributed by atoms with van der Waals surface area (Å²) in [4.78, 5) is 7.88. The van der Waals surface area contributed by atoms with Crippen molar-refractivity contribution in [2.24, 2.45) is 0 Å². The SMILES string of the molecule is O.c1ccc2[nH]c(-c3ccnc4ccccc34)cc2c1. The molecule has 0 spiro atoms. The van der Waals surface area contributed by atoms with E-state index >= 15 is 0 Å². The van der Waals surface area contributed by atoms with Gasteiger partial charge >= 0.3 is 0 Å². The highest BCUT2D eigenvalue weighted by Crippen LogP contribution is 2.29. The van der Waals surface area contributed by atoms with Crippen LogP contribution in [0.3, 0.4) is 0 Å². The van der Waals surface area contributed by atoms with Crippen LogP contribution in [0.4, 0.5) is 0 Å². The van der Waals surface area contributed by atoms with Gasteiger partial charge in [0.15, 0.2) is 0 Å². The molecule has 20 heavy (non-hydrogen) atoms. The van der Waals surface area contributed by atoms with Crippen LogP contribution >= 0.6 is 0 Å². The third-order valence-electron chi connectivity index (χ3n) is 3.47. The van der Waals surface area contributed by atoms with Gasteiger partial charge in [-0.25, -0.2) is 0 Å². The molecule has 0 saturated heterocycles. The number of pyridine rings is 1. The number of para-hydroxylation sites is 2. The molecule has 3 nitrogen and oxygen atoms in total. The van der Waals surface area contributed by atoms with Crippen LogP contribution in [-0.4, -0.2) is 15.4 Å². The highest BCUT2D eigenvalue weighted by Gasteiger charge is 2.06. The van der Waals surface area contributed by atoms with Crippen molar-refractivity contribution in [2.45, 2.75) is 0 Å². The van der Waals surface area contributed by atoms with Crippen molar-refractivity contribution in [2.75, 3.05) is 0 Å². The van der Waals surface area contributed by atoms with Gasteiger partial charge in [-0.2, -0.15) is 0 Å². The Hall–Kier alpha value is -2.65. The van der Waals surface area contributed by atoms with Crippen LogP contribution in [0.1, 0.15) is 0 Å². The molecule has 2 aromatic heterocycles. The third kappa shape index (κ3) is 1.85. The second-order valence-corrected chi connectivity index (χ2v) is 4.65. The molecule has 0 aliphatic rings. The zero-order valence-electron chi connectivity index (χ0n) is 10.8. The Kier molecular flexibility index (Phi) is 2.97. The van der Waals surface area contributed by atoms with E-state index in [9.17, 15) is 0 Å². The Labute approximate surface area is 116 Å². The lowest BCUT2D eigenvalue weighted by atomic mass is 10.1. The maximum Gasteiger partial charge on any atom is 0.0708 e. The summed E-state index contributed by atoms with van der Waals surface area (Å²) >= 11 is 0. The topological polar surface area (TPSA) is 60.2 Å². The summed E-state index contributed by atoms with van der Waals surface area (Å²) < 4.78 is 0. The number of benzene rings is 2. The smallest absolute Gasteiger partial charge is 0.0708 e. The van der Waals surface area contributed by atoms with Gasteiger partial charge in [0.25, 0.3) is 0 Å². The van der Waals surface area contributed by atoms with Crippen molar-refractivity contribution in [1.29, 1.82) is 0 Å². The first-order valence-electron chi connectivity index (χ1n) is 6.34. The van der Waals surface area contributed by atoms with Crippen molar-refractivity contribution in [3.63, 3.8) is 0 Å². The Morgan fingerprint density at radius 2 is 1.65 bits per heavy atom. The second-order valence-electron chi connectivity index (χ2n) is 4.65. The standard InChI is InChI=1S/C17H12N2.H2O/c1-3-7-15-12(5-1)11-17(19-15)14-9-10-18-16-8-4-2-6-13(14)16;/h1-11,19H;1H2. The summed E-state index contributed by atoms with van der Waals surface area (Å²) in [5, 5.41) is 2.41. The Balaban J connectivity index is 0.00000121. The normalized spacial score (nSPS) is 10.6. The van der Waals surface area contributed by atoms with Crippen LogP contribution in [0.15, 0.2) is 66.9 Å². The number of H-pyrrole nitrogens is 1. The zero-order chi connectivity index (χ0) is 12.7. The molecule has 0 radical (unpaired) electrons. The van der Waals surface area contributed by atoms with Crippen molar-refractivity contribution < 1.29 is 5.48 Å². The van der Waals surface area contributed by atoms with Crippen LogP contribution in [0.2, 0.25) is 0 Å². The number of hydrogen-bond donors (Lipinski definition) is 1. The molecule has 0 aliphatic heterocycles. The van der Waals surface area contributed by atoms with Gasteiger partial charge in [0, 0.05) is 33.7 Å². The van der Waals surface area contributed by atoms with Gasteiger partial charge in [-0.05, 0) is 24.3 Å². The van der Waals surface area contributed by atoms with Gasteiger partial charge in [0.05, 0.1) is 5.52 Å². The van der Waals surface area contributed by atoms with E-state index in [1.54, 1.807) is 0 Å². The minimum Gasteiger partial charge on any atom is -0.412 e. The van der Waals surface area contributed by atoms with Crippen molar-refractivity contribution in [1.82, 2.24) is 9.97 Å². The Morgan fingerprint density at radius 3 is 2.55 bits per heavy atom. The molecule has 0 unspecified atom stereocenters. The lowest BCUT2D eigenvalue weighted by Crippen LogP contribution is -1.83. The van der Waals surface area contributed by atoms with Gasteiger partial charge in [-0.3, -0.25) is 4.98 Å². The zero-order valence-corrected chi connectivity index (χ0v) is 10.8. The van der Waals surface area contributed by atoms with Gasteiger partial charge in [-0.1, -0.05) is 36.4 Å². The summed E-state index contributed by atoms with van der Waals surface area (Å²) in [6, 6.07) is 20.8. The van der Waals surface area contributed by atoms with Gasteiger partial charge in [0.2, 0.25) is 0 Å². The molecule has 2 aromatic carbocycles. The predicted molar refractivity (Wildman–Crippen MR) is 82.6 cm³/mol. The fourth-order valence-electron chi connectivity index (χ4n) is 2.55. The van der Waals surface area contributed by atoms with Crippen LogP contribution in [0, 0.1) is 0 Å². The first-order valence-corrected chi connectivity index (χ1v) is 6.34. The number of fused-ring (bicyclic) bond motifs is 2. The molecule has 0 saturated carbocycles. The average Bonchev–Trinajstić information content (AvgIpc) is 2.90. The largest absolute Gasteiger partial charge is 0.412 e. The van der Waals surface area contributed by atoms with E-state index in [4.69, 9.17) is 0 Å². The lowest BCUT2D eigenvalue weighted by Gasteiger charge is -2.03. The van der Waals surface area contributed by atoms with E-state index in [0.717, 1.165) is 11.2 Å². The van der Waals surface area contributed by atoms with Gasteiger partial charge < -0.3 is 10.5 Å². The summed E-state index contributed by atoms with van der Waals surface area (Å²) in [6.45, 7) is 0. The molecule has 4 rings (SSSR count). The molecule has 4 aromatic rings. The van der Waals surface area contributed by atoms with E-state index in [1.807, 2.05) is 24.4 Å². The molecule has 0 fully saturated rings. The lowest BCUT2D eigenvalue weighted by molar-refractivity contribution is 0.824.